The predicted molar refractivity (Wildman–Crippen MR) is 201 cm³/mol. The molecule has 0 aliphatic rings. The highest BCUT2D eigenvalue weighted by molar-refractivity contribution is 14.1. The Morgan fingerprint density at radius 3 is 1.94 bits per heavy atom. The van der Waals surface area contributed by atoms with E-state index in [0.717, 1.165) is 30.5 Å². The topological polar surface area (TPSA) is 113 Å². The van der Waals surface area contributed by atoms with Gasteiger partial charge in [0.05, 0.1) is 35.7 Å². The van der Waals surface area contributed by atoms with Crippen LogP contribution in [0.2, 0.25) is 0 Å². The van der Waals surface area contributed by atoms with Crippen LogP contribution in [0, 0.1) is 6.92 Å². The molecule has 4 rings (SSSR count). The number of esters is 3. The fourth-order valence-corrected chi connectivity index (χ4v) is 4.87. The van der Waals surface area contributed by atoms with Crippen LogP contribution >= 0.6 is 45.2 Å². The lowest BCUT2D eigenvalue weighted by atomic mass is 10.1. The highest BCUT2D eigenvalue weighted by Crippen LogP contribution is 2.27. The summed E-state index contributed by atoms with van der Waals surface area (Å²) in [6.07, 6.45) is 3.55. The molecule has 250 valence electrons. The van der Waals surface area contributed by atoms with Crippen LogP contribution < -0.4 is 14.2 Å². The van der Waals surface area contributed by atoms with Gasteiger partial charge < -0.3 is 18.9 Å². The number of rotatable bonds is 16. The van der Waals surface area contributed by atoms with E-state index < -0.39 is 11.9 Å². The van der Waals surface area contributed by atoms with Crippen LogP contribution in [-0.2, 0) is 16.0 Å². The lowest BCUT2D eigenvalue weighted by molar-refractivity contribution is -0.142. The second kappa shape index (κ2) is 19.2. The average molecular weight is 875 g/mol. The van der Waals surface area contributed by atoms with Gasteiger partial charge >= 0.3 is 17.9 Å². The summed E-state index contributed by atoms with van der Waals surface area (Å²) in [7, 11) is 0. The van der Waals surface area contributed by atoms with Crippen molar-refractivity contribution >= 4 is 74.5 Å². The van der Waals surface area contributed by atoms with Crippen molar-refractivity contribution in [2.75, 3.05) is 17.6 Å². The number of carbonyl (C=O) groups is 3. The van der Waals surface area contributed by atoms with Gasteiger partial charge in [-0.25, -0.2) is 9.59 Å². The second-order valence-electron chi connectivity index (χ2n) is 10.7. The van der Waals surface area contributed by atoms with Crippen molar-refractivity contribution in [3.05, 3.63) is 113 Å². The summed E-state index contributed by atoms with van der Waals surface area (Å²) in [6, 6.07) is 26.0. The maximum absolute atomic E-state index is 12.8. The Morgan fingerprint density at radius 2 is 1.31 bits per heavy atom. The zero-order chi connectivity index (χ0) is 34.3. The molecular weight excluding hydrogens is 838 g/mol. The average Bonchev–Trinajstić information content (AvgIpc) is 3.10. The first-order chi connectivity index (χ1) is 23.2. The summed E-state index contributed by atoms with van der Waals surface area (Å²) in [4.78, 5) is 37.2. The SMILES string of the molecule is CCCc1ccc(N=Nc2ccc(OC(=O)c3ccc(OC(=O)c4ccc(OCCCCOC(=O)C(I)CI)cc4)cc3)c(C)c2)cc1. The first kappa shape index (κ1) is 37.0. The Balaban J connectivity index is 1.21. The number of unbranched alkanes of at least 4 members (excludes halogenated alkanes) is 1. The molecule has 0 saturated carbocycles. The molecule has 11 heteroatoms. The standard InChI is InChI=1S/C37H36I2N2O7/c1-3-6-26-7-13-29(14-8-26)40-41-30-15-20-34(25(2)23-30)48-36(43)28-11-18-32(19-12-28)47-35(42)27-9-16-31(17-10-27)45-21-4-5-22-46-37(44)33(39)24-38/h7-20,23,33H,3-6,21-22,24H2,1-2H3. The van der Waals surface area contributed by atoms with E-state index in [-0.39, 0.29) is 15.6 Å². The number of carbonyl (C=O) groups excluding carboxylic acids is 3. The number of aryl methyl sites for hydroxylation is 2. The zero-order valence-corrected chi connectivity index (χ0v) is 31.0. The molecule has 0 saturated heterocycles. The van der Waals surface area contributed by atoms with Gasteiger partial charge in [-0.05, 0) is 116 Å². The highest BCUT2D eigenvalue weighted by atomic mass is 127. The van der Waals surface area contributed by atoms with Gasteiger partial charge in [0, 0.05) is 4.43 Å². The lowest BCUT2D eigenvalue weighted by Gasteiger charge is -2.10. The number of nitrogens with zero attached hydrogens (tertiary/aromatic N) is 2. The van der Waals surface area contributed by atoms with Gasteiger partial charge in [-0.1, -0.05) is 70.7 Å². The van der Waals surface area contributed by atoms with Crippen LogP contribution in [0.4, 0.5) is 11.4 Å². The fraction of sp³-hybridized carbons (Fsp3) is 0.270. The lowest BCUT2D eigenvalue weighted by Crippen LogP contribution is -2.19. The molecule has 0 spiro atoms. The summed E-state index contributed by atoms with van der Waals surface area (Å²) < 4.78 is 22.6. The minimum Gasteiger partial charge on any atom is -0.494 e. The molecule has 4 aromatic carbocycles. The Kier molecular flexibility index (Phi) is 14.8. The summed E-state index contributed by atoms with van der Waals surface area (Å²) in [5.41, 5.74) is 4.07. The van der Waals surface area contributed by atoms with Crippen LogP contribution in [0.5, 0.6) is 17.2 Å². The third-order valence-electron chi connectivity index (χ3n) is 6.95. The Labute approximate surface area is 307 Å². The van der Waals surface area contributed by atoms with Crippen LogP contribution in [0.15, 0.2) is 101 Å². The molecule has 4 aromatic rings. The van der Waals surface area contributed by atoms with Gasteiger partial charge in [0.1, 0.15) is 21.2 Å². The molecule has 0 N–H and O–H groups in total. The molecule has 48 heavy (non-hydrogen) atoms. The van der Waals surface area contributed by atoms with Crippen molar-refractivity contribution < 1.29 is 33.3 Å². The van der Waals surface area contributed by atoms with Gasteiger partial charge in [-0.15, -0.1) is 0 Å². The molecule has 0 aromatic heterocycles. The van der Waals surface area contributed by atoms with Crippen LogP contribution in [0.3, 0.4) is 0 Å². The molecule has 0 fully saturated rings. The van der Waals surface area contributed by atoms with Gasteiger partial charge in [0.2, 0.25) is 0 Å². The van der Waals surface area contributed by atoms with E-state index in [2.05, 4.69) is 74.5 Å². The van der Waals surface area contributed by atoms with Crippen molar-refractivity contribution in [1.82, 2.24) is 0 Å². The third-order valence-corrected chi connectivity index (χ3v) is 10.5. The van der Waals surface area contributed by atoms with Gasteiger partial charge in [-0.3, -0.25) is 4.79 Å². The smallest absolute Gasteiger partial charge is 0.343 e. The van der Waals surface area contributed by atoms with Crippen molar-refractivity contribution in [3.63, 3.8) is 0 Å². The number of halogens is 2. The fourth-order valence-electron chi connectivity index (χ4n) is 4.34. The van der Waals surface area contributed by atoms with Crippen LogP contribution in [0.1, 0.15) is 58.0 Å². The van der Waals surface area contributed by atoms with Gasteiger partial charge in [0.25, 0.3) is 0 Å². The minimum absolute atomic E-state index is 0.128. The highest BCUT2D eigenvalue weighted by Gasteiger charge is 2.15. The number of benzene rings is 4. The quantitative estimate of drug-likeness (QED) is 0.0275. The van der Waals surface area contributed by atoms with Crippen molar-refractivity contribution in [1.29, 1.82) is 0 Å². The molecule has 0 radical (unpaired) electrons. The number of hydrogen-bond donors (Lipinski definition) is 0. The van der Waals surface area contributed by atoms with E-state index in [4.69, 9.17) is 18.9 Å². The van der Waals surface area contributed by atoms with Crippen LogP contribution in [0.25, 0.3) is 0 Å². The molecular formula is C37H36I2N2O7. The number of ether oxygens (including phenoxy) is 4. The summed E-state index contributed by atoms with van der Waals surface area (Å²) in [5.74, 6) is 0.0401. The van der Waals surface area contributed by atoms with Crippen LogP contribution in [-0.4, -0.2) is 39.5 Å². The normalized spacial score (nSPS) is 11.6. The van der Waals surface area contributed by atoms with E-state index in [1.807, 2.05) is 19.1 Å². The van der Waals surface area contributed by atoms with Crippen molar-refractivity contribution in [3.8, 4) is 17.2 Å². The maximum Gasteiger partial charge on any atom is 0.343 e. The largest absolute Gasteiger partial charge is 0.494 e. The van der Waals surface area contributed by atoms with Crippen molar-refractivity contribution in [2.24, 2.45) is 10.2 Å². The van der Waals surface area contributed by atoms with Gasteiger partial charge in [-0.2, -0.15) is 10.2 Å². The number of hydrogen-bond acceptors (Lipinski definition) is 9. The molecule has 0 aliphatic carbocycles. The van der Waals surface area contributed by atoms with Crippen molar-refractivity contribution in [2.45, 2.75) is 43.5 Å². The predicted octanol–water partition coefficient (Wildman–Crippen LogP) is 9.74. The molecule has 9 nitrogen and oxygen atoms in total. The summed E-state index contributed by atoms with van der Waals surface area (Å²) in [5, 5.41) is 8.61. The Hall–Kier alpha value is -3.85. The number of alkyl halides is 2. The monoisotopic (exact) mass is 874 g/mol. The third kappa shape index (κ3) is 11.7. The van der Waals surface area contributed by atoms with E-state index >= 15 is 0 Å². The van der Waals surface area contributed by atoms with Gasteiger partial charge in [0.15, 0.2) is 0 Å². The van der Waals surface area contributed by atoms with E-state index in [9.17, 15) is 14.4 Å². The molecule has 0 heterocycles. The molecule has 0 amide bonds. The molecule has 1 atom stereocenters. The van der Waals surface area contributed by atoms with E-state index in [0.29, 0.717) is 52.4 Å². The summed E-state index contributed by atoms with van der Waals surface area (Å²) >= 11 is 4.23. The first-order valence-electron chi connectivity index (χ1n) is 15.5. The second-order valence-corrected chi connectivity index (χ2v) is 13.1. The summed E-state index contributed by atoms with van der Waals surface area (Å²) in [6.45, 7) is 4.80. The minimum atomic E-state index is -0.542. The molecule has 0 aliphatic heterocycles. The first-order valence-corrected chi connectivity index (χ1v) is 18.3. The molecule has 0 bridgehead atoms. The van der Waals surface area contributed by atoms with E-state index in [1.165, 1.54) is 29.8 Å². The molecule has 1 unspecified atom stereocenters. The Bertz CT molecular complexity index is 1690. The Morgan fingerprint density at radius 1 is 0.729 bits per heavy atom. The van der Waals surface area contributed by atoms with E-state index in [1.54, 1.807) is 42.5 Å². The zero-order valence-electron chi connectivity index (χ0n) is 26.7. The maximum atomic E-state index is 12.8. The number of azo groups is 1.